The lowest BCUT2D eigenvalue weighted by molar-refractivity contribution is -0.123. The average molecular weight is 261 g/mol. The first-order valence-electron chi connectivity index (χ1n) is 6.96. The Bertz CT molecular complexity index is 399. The molecule has 0 aromatic heterocycles. The van der Waals surface area contributed by atoms with Crippen LogP contribution in [0.15, 0.2) is 30.3 Å². The Balaban J connectivity index is 1.77. The molecule has 104 valence electrons. The van der Waals surface area contributed by atoms with Gasteiger partial charge >= 0.3 is 0 Å². The fourth-order valence-electron chi connectivity index (χ4n) is 2.24. The van der Waals surface area contributed by atoms with E-state index in [1.165, 1.54) is 5.56 Å². The van der Waals surface area contributed by atoms with E-state index in [4.69, 9.17) is 0 Å². The number of benzene rings is 1. The van der Waals surface area contributed by atoms with Crippen LogP contribution in [0.5, 0.6) is 0 Å². The third kappa shape index (κ3) is 4.04. The first-order chi connectivity index (χ1) is 9.16. The van der Waals surface area contributed by atoms with E-state index in [1.807, 2.05) is 18.2 Å². The zero-order valence-electron chi connectivity index (χ0n) is 11.6. The summed E-state index contributed by atoms with van der Waals surface area (Å²) < 4.78 is 0. The molecule has 0 saturated carbocycles. The van der Waals surface area contributed by atoms with E-state index in [2.05, 4.69) is 41.9 Å². The van der Waals surface area contributed by atoms with Crippen molar-refractivity contribution < 1.29 is 4.79 Å². The van der Waals surface area contributed by atoms with Gasteiger partial charge in [-0.3, -0.25) is 4.79 Å². The molecule has 3 unspecified atom stereocenters. The molecule has 0 spiro atoms. The second-order valence-electron chi connectivity index (χ2n) is 5.33. The van der Waals surface area contributed by atoms with Crippen LogP contribution < -0.4 is 16.0 Å². The van der Waals surface area contributed by atoms with Gasteiger partial charge in [0.1, 0.15) is 0 Å². The largest absolute Gasteiger partial charge is 0.354 e. The van der Waals surface area contributed by atoms with Gasteiger partial charge < -0.3 is 16.0 Å². The summed E-state index contributed by atoms with van der Waals surface area (Å²) >= 11 is 0. The van der Waals surface area contributed by atoms with Crippen molar-refractivity contribution in [3.63, 3.8) is 0 Å². The molecule has 0 aliphatic carbocycles. The van der Waals surface area contributed by atoms with Gasteiger partial charge in [0.25, 0.3) is 0 Å². The predicted molar refractivity (Wildman–Crippen MR) is 77.1 cm³/mol. The lowest BCUT2D eigenvalue weighted by Crippen LogP contribution is -2.59. The lowest BCUT2D eigenvalue weighted by atomic mass is 10.0. The van der Waals surface area contributed by atoms with Crippen LogP contribution in [0.1, 0.15) is 25.3 Å². The molecule has 1 saturated heterocycles. The Morgan fingerprint density at radius 3 is 2.68 bits per heavy atom. The first kappa shape index (κ1) is 14.0. The summed E-state index contributed by atoms with van der Waals surface area (Å²) in [6.07, 6.45) is 0. The minimum absolute atomic E-state index is 0.0854. The van der Waals surface area contributed by atoms with Crippen molar-refractivity contribution in [1.82, 2.24) is 16.0 Å². The monoisotopic (exact) mass is 261 g/mol. The van der Waals surface area contributed by atoms with Gasteiger partial charge in [-0.25, -0.2) is 0 Å². The molecule has 2 rings (SSSR count). The van der Waals surface area contributed by atoms with Crippen molar-refractivity contribution >= 4 is 5.91 Å². The highest BCUT2D eigenvalue weighted by Gasteiger charge is 2.23. The van der Waals surface area contributed by atoms with Gasteiger partial charge in [0.2, 0.25) is 5.91 Å². The lowest BCUT2D eigenvalue weighted by Gasteiger charge is -2.28. The number of carbonyl (C=O) groups excluding carboxylic acids is 1. The fraction of sp³-hybridized carbons (Fsp3) is 0.533. The molecule has 0 radical (unpaired) electrons. The Kier molecular flexibility index (Phi) is 4.93. The maximum atomic E-state index is 12.0. The van der Waals surface area contributed by atoms with Gasteiger partial charge in [0.05, 0.1) is 6.04 Å². The molecular formula is C15H23N3O. The summed E-state index contributed by atoms with van der Waals surface area (Å²) in [6.45, 7) is 6.46. The minimum Gasteiger partial charge on any atom is -0.354 e. The standard InChI is InChI=1S/C15H23N3O/c1-11(13-6-4-3-5-7-13)8-18-15(19)14-10-16-12(2)9-17-14/h3-7,11-12,14,16-17H,8-10H2,1-2H3,(H,18,19). The maximum absolute atomic E-state index is 12.0. The molecule has 1 aromatic carbocycles. The second-order valence-corrected chi connectivity index (χ2v) is 5.33. The number of nitrogens with one attached hydrogen (secondary N) is 3. The SMILES string of the molecule is CC1CNC(C(=O)NCC(C)c2ccccc2)CN1. The van der Waals surface area contributed by atoms with Crippen LogP contribution in [0.4, 0.5) is 0 Å². The molecule has 1 heterocycles. The quantitative estimate of drug-likeness (QED) is 0.753. The van der Waals surface area contributed by atoms with E-state index in [0.29, 0.717) is 25.0 Å². The number of piperazine rings is 1. The summed E-state index contributed by atoms with van der Waals surface area (Å²) in [5.74, 6) is 0.419. The van der Waals surface area contributed by atoms with Crippen molar-refractivity contribution in [2.24, 2.45) is 0 Å². The number of hydrogen-bond acceptors (Lipinski definition) is 3. The number of carbonyl (C=O) groups is 1. The highest BCUT2D eigenvalue weighted by atomic mass is 16.2. The van der Waals surface area contributed by atoms with Gasteiger partial charge in [-0.1, -0.05) is 37.3 Å². The molecule has 4 nitrogen and oxygen atoms in total. The Hall–Kier alpha value is -1.39. The molecule has 3 atom stereocenters. The molecule has 0 bridgehead atoms. The summed E-state index contributed by atoms with van der Waals surface area (Å²) in [6, 6.07) is 10.6. The number of hydrogen-bond donors (Lipinski definition) is 3. The molecule has 1 aromatic rings. The van der Waals surface area contributed by atoms with E-state index in [9.17, 15) is 4.79 Å². The van der Waals surface area contributed by atoms with Crippen LogP contribution >= 0.6 is 0 Å². The van der Waals surface area contributed by atoms with E-state index in [-0.39, 0.29) is 11.9 Å². The number of rotatable bonds is 4. The predicted octanol–water partition coefficient (Wildman–Crippen LogP) is 0.856. The van der Waals surface area contributed by atoms with Crippen molar-refractivity contribution in [3.05, 3.63) is 35.9 Å². The van der Waals surface area contributed by atoms with Crippen molar-refractivity contribution in [1.29, 1.82) is 0 Å². The molecular weight excluding hydrogens is 238 g/mol. The molecule has 1 aliphatic heterocycles. The van der Waals surface area contributed by atoms with Gasteiger partial charge in [-0.05, 0) is 18.4 Å². The molecule has 19 heavy (non-hydrogen) atoms. The highest BCUT2D eigenvalue weighted by molar-refractivity contribution is 5.82. The Morgan fingerprint density at radius 1 is 1.32 bits per heavy atom. The van der Waals surface area contributed by atoms with Gasteiger partial charge in [0.15, 0.2) is 0 Å². The van der Waals surface area contributed by atoms with Crippen molar-refractivity contribution in [3.8, 4) is 0 Å². The van der Waals surface area contributed by atoms with E-state index in [1.54, 1.807) is 0 Å². The molecule has 4 heteroatoms. The fourth-order valence-corrected chi connectivity index (χ4v) is 2.24. The van der Waals surface area contributed by atoms with Gasteiger partial charge in [-0.2, -0.15) is 0 Å². The van der Waals surface area contributed by atoms with Crippen LogP contribution in [0.2, 0.25) is 0 Å². The van der Waals surface area contributed by atoms with E-state index >= 15 is 0 Å². The van der Waals surface area contributed by atoms with Crippen molar-refractivity contribution in [2.45, 2.75) is 31.8 Å². The van der Waals surface area contributed by atoms with Crippen LogP contribution in [0.3, 0.4) is 0 Å². The Morgan fingerprint density at radius 2 is 2.05 bits per heavy atom. The smallest absolute Gasteiger partial charge is 0.238 e. The van der Waals surface area contributed by atoms with Crippen LogP contribution in [-0.4, -0.2) is 37.6 Å². The second kappa shape index (κ2) is 6.68. The van der Waals surface area contributed by atoms with Crippen LogP contribution in [0, 0.1) is 0 Å². The molecule has 3 N–H and O–H groups in total. The third-order valence-corrected chi connectivity index (χ3v) is 3.61. The average Bonchev–Trinajstić information content (AvgIpc) is 2.46. The highest BCUT2D eigenvalue weighted by Crippen LogP contribution is 2.12. The summed E-state index contributed by atoms with van der Waals surface area (Å²) in [4.78, 5) is 12.0. The normalized spacial score (nSPS) is 24.7. The third-order valence-electron chi connectivity index (χ3n) is 3.61. The number of amides is 1. The maximum Gasteiger partial charge on any atom is 0.238 e. The van der Waals surface area contributed by atoms with E-state index in [0.717, 1.165) is 6.54 Å². The molecule has 1 aliphatic rings. The summed E-state index contributed by atoms with van der Waals surface area (Å²) in [5, 5.41) is 9.59. The zero-order chi connectivity index (χ0) is 13.7. The van der Waals surface area contributed by atoms with E-state index < -0.39 is 0 Å². The van der Waals surface area contributed by atoms with Crippen LogP contribution in [-0.2, 0) is 4.79 Å². The molecule has 1 fully saturated rings. The van der Waals surface area contributed by atoms with Gasteiger partial charge in [0, 0.05) is 25.7 Å². The summed E-state index contributed by atoms with van der Waals surface area (Å²) in [5.41, 5.74) is 1.26. The van der Waals surface area contributed by atoms with Gasteiger partial charge in [-0.15, -0.1) is 0 Å². The van der Waals surface area contributed by atoms with Crippen LogP contribution in [0.25, 0.3) is 0 Å². The first-order valence-corrected chi connectivity index (χ1v) is 6.96. The van der Waals surface area contributed by atoms with Crippen molar-refractivity contribution in [2.75, 3.05) is 19.6 Å². The summed E-state index contributed by atoms with van der Waals surface area (Å²) in [7, 11) is 0. The molecule has 1 amide bonds. The minimum atomic E-state index is -0.112. The zero-order valence-corrected chi connectivity index (χ0v) is 11.6. The Labute approximate surface area is 115 Å². The topological polar surface area (TPSA) is 53.2 Å².